The van der Waals surface area contributed by atoms with E-state index in [1.54, 1.807) is 63.2 Å². The monoisotopic (exact) mass is 350 g/mol. The molecule has 134 valence electrons. The molecule has 26 heavy (non-hydrogen) atoms. The SMILES string of the molecule is CC(C)(C)OC(=O)NCC#Cc1ccc(N)c(C(=O)c2ccccc2)c1. The Balaban J connectivity index is 2.06. The van der Waals surface area contributed by atoms with Crippen LogP contribution in [0.4, 0.5) is 10.5 Å². The molecular formula is C21H22N2O3. The van der Waals surface area contributed by atoms with Gasteiger partial charge in [-0.15, -0.1) is 0 Å². The molecule has 5 nitrogen and oxygen atoms in total. The Morgan fingerprint density at radius 3 is 2.46 bits per heavy atom. The van der Waals surface area contributed by atoms with Crippen LogP contribution in [0.2, 0.25) is 0 Å². The number of hydrogen-bond acceptors (Lipinski definition) is 4. The third kappa shape index (κ3) is 5.67. The minimum absolute atomic E-state index is 0.140. The molecule has 0 bridgehead atoms. The van der Waals surface area contributed by atoms with Gasteiger partial charge in [-0.05, 0) is 39.0 Å². The number of nitrogen functional groups attached to an aromatic ring is 1. The lowest BCUT2D eigenvalue weighted by Crippen LogP contribution is -2.32. The van der Waals surface area contributed by atoms with E-state index in [1.165, 1.54) is 0 Å². The summed E-state index contributed by atoms with van der Waals surface area (Å²) in [6.45, 7) is 5.51. The average molecular weight is 350 g/mol. The van der Waals surface area contributed by atoms with Crippen molar-refractivity contribution in [1.29, 1.82) is 0 Å². The van der Waals surface area contributed by atoms with Crippen LogP contribution in [0.15, 0.2) is 48.5 Å². The molecule has 0 saturated heterocycles. The maximum Gasteiger partial charge on any atom is 0.408 e. The van der Waals surface area contributed by atoms with Gasteiger partial charge in [-0.1, -0.05) is 42.2 Å². The van der Waals surface area contributed by atoms with Gasteiger partial charge in [0.1, 0.15) is 5.60 Å². The molecule has 0 aromatic heterocycles. The predicted octanol–water partition coefficient (Wildman–Crippen LogP) is 3.38. The third-order valence-corrected chi connectivity index (χ3v) is 3.29. The molecule has 0 fully saturated rings. The van der Waals surface area contributed by atoms with Crippen molar-refractivity contribution in [2.24, 2.45) is 0 Å². The van der Waals surface area contributed by atoms with Crippen molar-refractivity contribution in [2.45, 2.75) is 26.4 Å². The van der Waals surface area contributed by atoms with Crippen molar-refractivity contribution < 1.29 is 14.3 Å². The smallest absolute Gasteiger partial charge is 0.408 e. The first-order chi connectivity index (χ1) is 12.3. The number of hydrogen-bond donors (Lipinski definition) is 2. The van der Waals surface area contributed by atoms with Crippen LogP contribution in [0.1, 0.15) is 42.3 Å². The van der Waals surface area contributed by atoms with Gasteiger partial charge in [0.15, 0.2) is 5.78 Å². The summed E-state index contributed by atoms with van der Waals surface area (Å²) in [4.78, 5) is 24.1. The van der Waals surface area contributed by atoms with E-state index in [-0.39, 0.29) is 12.3 Å². The van der Waals surface area contributed by atoms with Crippen LogP contribution in [0.3, 0.4) is 0 Å². The number of nitrogens with two attached hydrogens (primary N) is 1. The number of carbonyl (C=O) groups is 2. The molecular weight excluding hydrogens is 328 g/mol. The molecule has 0 heterocycles. The van der Waals surface area contributed by atoms with Crippen LogP contribution in [-0.4, -0.2) is 24.0 Å². The van der Waals surface area contributed by atoms with Gasteiger partial charge in [0.2, 0.25) is 0 Å². The molecule has 0 spiro atoms. The van der Waals surface area contributed by atoms with Crippen molar-refractivity contribution in [1.82, 2.24) is 5.32 Å². The van der Waals surface area contributed by atoms with Crippen molar-refractivity contribution in [3.05, 3.63) is 65.2 Å². The minimum atomic E-state index is -0.554. The lowest BCUT2D eigenvalue weighted by atomic mass is 10.00. The third-order valence-electron chi connectivity index (χ3n) is 3.29. The average Bonchev–Trinajstić information content (AvgIpc) is 2.58. The Morgan fingerprint density at radius 2 is 1.81 bits per heavy atom. The van der Waals surface area contributed by atoms with Crippen LogP contribution in [0.5, 0.6) is 0 Å². The number of nitrogens with one attached hydrogen (secondary N) is 1. The van der Waals surface area contributed by atoms with Crippen LogP contribution in [-0.2, 0) is 4.74 Å². The lowest BCUT2D eigenvalue weighted by molar-refractivity contribution is 0.0535. The molecule has 3 N–H and O–H groups in total. The van der Waals surface area contributed by atoms with Gasteiger partial charge in [-0.3, -0.25) is 4.79 Å². The van der Waals surface area contributed by atoms with E-state index in [1.807, 2.05) is 6.07 Å². The van der Waals surface area contributed by atoms with E-state index in [9.17, 15) is 9.59 Å². The number of ether oxygens (including phenoxy) is 1. The number of rotatable bonds is 3. The number of ketones is 1. The Kier molecular flexibility index (Phi) is 6.03. The fourth-order valence-electron chi connectivity index (χ4n) is 2.15. The van der Waals surface area contributed by atoms with Gasteiger partial charge in [-0.25, -0.2) is 4.79 Å². The first kappa shape index (κ1) is 19.1. The standard InChI is InChI=1S/C21H22N2O3/c1-21(2,3)26-20(25)23-13-7-8-15-11-12-18(22)17(14-15)19(24)16-9-5-4-6-10-16/h4-6,9-12,14H,13,22H2,1-3H3,(H,23,25). The van der Waals surface area contributed by atoms with E-state index in [4.69, 9.17) is 10.5 Å². The van der Waals surface area contributed by atoms with Crippen molar-refractivity contribution in [2.75, 3.05) is 12.3 Å². The zero-order valence-electron chi connectivity index (χ0n) is 15.1. The topological polar surface area (TPSA) is 81.4 Å². The molecule has 1 amide bonds. The van der Waals surface area contributed by atoms with Gasteiger partial charge < -0.3 is 15.8 Å². The molecule has 0 saturated carbocycles. The normalized spacial score (nSPS) is 10.4. The van der Waals surface area contributed by atoms with Crippen molar-refractivity contribution in [3.8, 4) is 11.8 Å². The fraction of sp³-hybridized carbons (Fsp3) is 0.238. The quantitative estimate of drug-likeness (QED) is 0.505. The highest BCUT2D eigenvalue weighted by Crippen LogP contribution is 2.18. The Bertz CT molecular complexity index is 856. The van der Waals surface area contributed by atoms with Gasteiger partial charge >= 0.3 is 6.09 Å². The zero-order chi connectivity index (χ0) is 19.2. The highest BCUT2D eigenvalue weighted by molar-refractivity contribution is 6.12. The molecule has 2 aromatic carbocycles. The molecule has 2 rings (SSSR count). The van der Waals surface area contributed by atoms with Crippen molar-refractivity contribution >= 4 is 17.6 Å². The maximum atomic E-state index is 12.6. The minimum Gasteiger partial charge on any atom is -0.444 e. The zero-order valence-corrected chi connectivity index (χ0v) is 15.1. The summed E-state index contributed by atoms with van der Waals surface area (Å²) < 4.78 is 5.13. The molecule has 5 heteroatoms. The fourth-order valence-corrected chi connectivity index (χ4v) is 2.15. The van der Waals surface area contributed by atoms with Crippen LogP contribution in [0.25, 0.3) is 0 Å². The number of amides is 1. The summed E-state index contributed by atoms with van der Waals surface area (Å²) in [5.41, 5.74) is 7.40. The highest BCUT2D eigenvalue weighted by Gasteiger charge is 2.15. The summed E-state index contributed by atoms with van der Waals surface area (Å²) in [6.07, 6.45) is -0.524. The van der Waals surface area contributed by atoms with Gasteiger partial charge in [0.25, 0.3) is 0 Å². The van der Waals surface area contributed by atoms with Crippen LogP contribution in [0, 0.1) is 11.8 Å². The van der Waals surface area contributed by atoms with Crippen LogP contribution >= 0.6 is 0 Å². The second-order valence-corrected chi connectivity index (χ2v) is 6.65. The first-order valence-electron chi connectivity index (χ1n) is 8.21. The number of anilines is 1. The van der Waals surface area contributed by atoms with Gasteiger partial charge in [0.05, 0.1) is 6.54 Å². The molecule has 0 atom stereocenters. The second kappa shape index (κ2) is 8.21. The Morgan fingerprint density at radius 1 is 1.12 bits per heavy atom. The summed E-state index contributed by atoms with van der Waals surface area (Å²) in [5, 5.41) is 2.56. The Hall–Kier alpha value is -3.26. The van der Waals surface area contributed by atoms with E-state index >= 15 is 0 Å². The predicted molar refractivity (Wildman–Crippen MR) is 102 cm³/mol. The highest BCUT2D eigenvalue weighted by atomic mass is 16.6. The van der Waals surface area contributed by atoms with Crippen LogP contribution < -0.4 is 11.1 Å². The van der Waals surface area contributed by atoms with E-state index in [2.05, 4.69) is 17.2 Å². The maximum absolute atomic E-state index is 12.6. The first-order valence-corrected chi connectivity index (χ1v) is 8.21. The Labute approximate surface area is 153 Å². The summed E-state index contributed by atoms with van der Waals surface area (Å²) in [7, 11) is 0. The van der Waals surface area contributed by atoms with E-state index in [0.29, 0.717) is 22.4 Å². The largest absolute Gasteiger partial charge is 0.444 e. The molecule has 0 aliphatic rings. The van der Waals surface area contributed by atoms with E-state index < -0.39 is 11.7 Å². The van der Waals surface area contributed by atoms with Gasteiger partial charge in [-0.2, -0.15) is 0 Å². The van der Waals surface area contributed by atoms with Gasteiger partial charge in [0, 0.05) is 22.4 Å². The molecule has 2 aromatic rings. The number of carbonyl (C=O) groups excluding carboxylic acids is 2. The molecule has 0 aliphatic heterocycles. The summed E-state index contributed by atoms with van der Waals surface area (Å²) in [5.74, 6) is 5.58. The number of alkyl carbamates (subject to hydrolysis) is 1. The molecule has 0 aliphatic carbocycles. The molecule has 0 radical (unpaired) electrons. The summed E-state index contributed by atoms with van der Waals surface area (Å²) in [6, 6.07) is 14.0. The summed E-state index contributed by atoms with van der Waals surface area (Å²) >= 11 is 0. The lowest BCUT2D eigenvalue weighted by Gasteiger charge is -2.19. The van der Waals surface area contributed by atoms with Crippen molar-refractivity contribution in [3.63, 3.8) is 0 Å². The second-order valence-electron chi connectivity index (χ2n) is 6.65. The van der Waals surface area contributed by atoms with E-state index in [0.717, 1.165) is 0 Å². The number of benzene rings is 2. The molecule has 0 unspecified atom stereocenters.